The van der Waals surface area contributed by atoms with Crippen LogP contribution in [0.4, 0.5) is 22.0 Å². The maximum absolute atomic E-state index is 13.8. The number of halogens is 5. The van der Waals surface area contributed by atoms with Crippen LogP contribution in [0.15, 0.2) is 42.6 Å². The molecule has 0 atom stereocenters. The first-order valence-corrected chi connectivity index (χ1v) is 7.31. The number of rotatable bonds is 4. The van der Waals surface area contributed by atoms with Crippen molar-refractivity contribution >= 4 is 0 Å². The first kappa shape index (κ1) is 16.7. The van der Waals surface area contributed by atoms with Gasteiger partial charge in [-0.25, -0.2) is 4.98 Å². The topological polar surface area (TPSA) is 22.1 Å². The summed E-state index contributed by atoms with van der Waals surface area (Å²) in [6, 6.07) is 8.71. The first-order chi connectivity index (χ1) is 11.2. The van der Waals surface area contributed by atoms with Crippen molar-refractivity contribution in [3.8, 4) is 11.6 Å². The Bertz CT molecular complexity index is 718. The van der Waals surface area contributed by atoms with Crippen molar-refractivity contribution in [2.75, 3.05) is 0 Å². The van der Waals surface area contributed by atoms with Crippen LogP contribution in [0, 0.1) is 6.92 Å². The number of nitrogens with zero attached hydrogens (tertiary/aromatic N) is 1. The molecule has 0 radical (unpaired) electrons. The fraction of sp³-hybridized carbons (Fsp3) is 0.353. The molecule has 2 aromatic rings. The number of hydrogen-bond acceptors (Lipinski definition) is 2. The van der Waals surface area contributed by atoms with Gasteiger partial charge in [0.1, 0.15) is 5.75 Å². The molecule has 0 bridgehead atoms. The van der Waals surface area contributed by atoms with Crippen molar-refractivity contribution in [3.05, 3.63) is 53.7 Å². The van der Waals surface area contributed by atoms with E-state index >= 15 is 0 Å². The molecule has 128 valence electrons. The van der Waals surface area contributed by atoms with Crippen LogP contribution >= 0.6 is 0 Å². The Morgan fingerprint density at radius 1 is 0.958 bits per heavy atom. The van der Waals surface area contributed by atoms with Gasteiger partial charge >= 0.3 is 12.1 Å². The van der Waals surface area contributed by atoms with Gasteiger partial charge in [0.25, 0.3) is 0 Å². The van der Waals surface area contributed by atoms with Gasteiger partial charge in [0.2, 0.25) is 5.88 Å². The van der Waals surface area contributed by atoms with E-state index < -0.39 is 17.5 Å². The van der Waals surface area contributed by atoms with E-state index in [4.69, 9.17) is 4.74 Å². The molecule has 7 heteroatoms. The average molecular weight is 343 g/mol. The molecular weight excluding hydrogens is 329 g/mol. The number of benzene rings is 1. The summed E-state index contributed by atoms with van der Waals surface area (Å²) in [6.45, 7) is 1.86. The summed E-state index contributed by atoms with van der Waals surface area (Å²) in [7, 11) is 0. The lowest BCUT2D eigenvalue weighted by Crippen LogP contribution is -2.47. The highest BCUT2D eigenvalue weighted by atomic mass is 19.4. The van der Waals surface area contributed by atoms with E-state index in [1.807, 2.05) is 6.92 Å². The van der Waals surface area contributed by atoms with Gasteiger partial charge in [-0.3, -0.25) is 0 Å². The number of aromatic nitrogens is 1. The van der Waals surface area contributed by atoms with Gasteiger partial charge in [0, 0.05) is 12.3 Å². The van der Waals surface area contributed by atoms with Gasteiger partial charge in [0.05, 0.1) is 5.41 Å². The lowest BCUT2D eigenvalue weighted by atomic mass is 9.88. The number of aryl methyl sites for hydroxylation is 1. The minimum atomic E-state index is -5.56. The quantitative estimate of drug-likeness (QED) is 0.693. The molecule has 1 aliphatic rings. The Balaban J connectivity index is 1.81. The van der Waals surface area contributed by atoms with E-state index in [9.17, 15) is 22.0 Å². The molecular formula is C17H14F5NO. The standard InChI is InChI=1S/C17H14F5NO/c1-11-2-7-14(23-10-11)24-13-5-3-12(4-6-13)15(8-9-15)16(18,19)17(20,21)22/h2-7,10H,8-9H2,1H3. The van der Waals surface area contributed by atoms with Crippen molar-refractivity contribution in [3.63, 3.8) is 0 Å². The van der Waals surface area contributed by atoms with E-state index in [1.54, 1.807) is 18.3 Å². The van der Waals surface area contributed by atoms with Crippen LogP contribution in [0.1, 0.15) is 24.0 Å². The molecule has 1 heterocycles. The summed E-state index contributed by atoms with van der Waals surface area (Å²) in [6.07, 6.45) is -4.35. The van der Waals surface area contributed by atoms with Gasteiger partial charge in [0.15, 0.2) is 0 Å². The van der Waals surface area contributed by atoms with Gasteiger partial charge < -0.3 is 4.74 Å². The van der Waals surface area contributed by atoms with Crippen molar-refractivity contribution in [2.45, 2.75) is 37.3 Å². The highest BCUT2D eigenvalue weighted by Gasteiger charge is 2.75. The first-order valence-electron chi connectivity index (χ1n) is 7.31. The monoisotopic (exact) mass is 343 g/mol. The van der Waals surface area contributed by atoms with Crippen LogP contribution < -0.4 is 4.74 Å². The summed E-state index contributed by atoms with van der Waals surface area (Å²) >= 11 is 0. The molecule has 1 aromatic carbocycles. The molecule has 0 spiro atoms. The molecule has 1 aliphatic carbocycles. The van der Waals surface area contributed by atoms with Crippen molar-refractivity contribution in [1.29, 1.82) is 0 Å². The third-order valence-electron chi connectivity index (χ3n) is 4.22. The minimum absolute atomic E-state index is 0.0333. The van der Waals surface area contributed by atoms with Gasteiger partial charge in [-0.05, 0) is 43.0 Å². The number of alkyl halides is 5. The van der Waals surface area contributed by atoms with Crippen LogP contribution in [0.25, 0.3) is 0 Å². The second-order valence-electron chi connectivity index (χ2n) is 5.95. The fourth-order valence-corrected chi connectivity index (χ4v) is 2.66. The predicted octanol–water partition coefficient (Wildman–Crippen LogP) is 5.41. The lowest BCUT2D eigenvalue weighted by Gasteiger charge is -2.29. The van der Waals surface area contributed by atoms with Crippen LogP contribution in [0.3, 0.4) is 0 Å². The minimum Gasteiger partial charge on any atom is -0.439 e. The molecule has 2 nitrogen and oxygen atoms in total. The van der Waals surface area contributed by atoms with Crippen LogP contribution in [-0.4, -0.2) is 17.1 Å². The molecule has 3 rings (SSSR count). The van der Waals surface area contributed by atoms with Crippen molar-refractivity contribution in [1.82, 2.24) is 4.98 Å². The molecule has 0 amide bonds. The third-order valence-corrected chi connectivity index (χ3v) is 4.22. The maximum atomic E-state index is 13.8. The zero-order chi connectivity index (χ0) is 17.6. The fourth-order valence-electron chi connectivity index (χ4n) is 2.66. The summed E-state index contributed by atoms with van der Waals surface area (Å²) in [5.74, 6) is -4.11. The molecule has 24 heavy (non-hydrogen) atoms. The summed E-state index contributed by atoms with van der Waals surface area (Å²) < 4.78 is 71.0. The van der Waals surface area contributed by atoms with E-state index in [1.165, 1.54) is 24.3 Å². The molecule has 0 saturated heterocycles. The SMILES string of the molecule is Cc1ccc(Oc2ccc(C3(C(F)(F)C(F)(F)F)CC3)cc2)nc1. The molecule has 0 unspecified atom stereocenters. The zero-order valence-corrected chi connectivity index (χ0v) is 12.7. The zero-order valence-electron chi connectivity index (χ0n) is 12.7. The molecule has 1 aromatic heterocycles. The highest BCUT2D eigenvalue weighted by Crippen LogP contribution is 2.63. The lowest BCUT2D eigenvalue weighted by molar-refractivity contribution is -0.296. The maximum Gasteiger partial charge on any atom is 0.454 e. The smallest absolute Gasteiger partial charge is 0.439 e. The molecule has 0 aliphatic heterocycles. The molecule has 1 saturated carbocycles. The Hall–Kier alpha value is -2.18. The van der Waals surface area contributed by atoms with E-state index in [0.717, 1.165) is 5.56 Å². The molecule has 1 fully saturated rings. The largest absolute Gasteiger partial charge is 0.454 e. The van der Waals surface area contributed by atoms with E-state index in [0.29, 0.717) is 11.6 Å². The molecule has 0 N–H and O–H groups in total. The number of hydrogen-bond donors (Lipinski definition) is 0. The van der Waals surface area contributed by atoms with E-state index in [2.05, 4.69) is 4.98 Å². The number of ether oxygens (including phenoxy) is 1. The predicted molar refractivity (Wildman–Crippen MR) is 77.4 cm³/mol. The second-order valence-corrected chi connectivity index (χ2v) is 5.95. The normalized spacial score (nSPS) is 16.8. The van der Waals surface area contributed by atoms with Crippen molar-refractivity contribution in [2.24, 2.45) is 0 Å². The average Bonchev–Trinajstić information content (AvgIpc) is 3.31. The Kier molecular flexibility index (Phi) is 3.77. The van der Waals surface area contributed by atoms with Gasteiger partial charge in [-0.1, -0.05) is 18.2 Å². The summed E-state index contributed by atoms with van der Waals surface area (Å²) in [4.78, 5) is 4.04. The Labute approximate surface area is 135 Å². The van der Waals surface area contributed by atoms with Crippen molar-refractivity contribution < 1.29 is 26.7 Å². The van der Waals surface area contributed by atoms with E-state index in [-0.39, 0.29) is 18.4 Å². The second kappa shape index (κ2) is 5.43. The highest BCUT2D eigenvalue weighted by molar-refractivity contribution is 5.40. The third kappa shape index (κ3) is 2.72. The van der Waals surface area contributed by atoms with Gasteiger partial charge in [-0.2, -0.15) is 22.0 Å². The van der Waals surface area contributed by atoms with Gasteiger partial charge in [-0.15, -0.1) is 0 Å². The number of pyridine rings is 1. The Morgan fingerprint density at radius 3 is 2.04 bits per heavy atom. The summed E-state index contributed by atoms with van der Waals surface area (Å²) in [5, 5.41) is 0. The van der Waals surface area contributed by atoms with Crippen LogP contribution in [0.2, 0.25) is 0 Å². The van der Waals surface area contributed by atoms with Crippen LogP contribution in [-0.2, 0) is 5.41 Å². The summed E-state index contributed by atoms with van der Waals surface area (Å²) in [5.41, 5.74) is -1.25. The Morgan fingerprint density at radius 2 is 1.58 bits per heavy atom. The van der Waals surface area contributed by atoms with Crippen LogP contribution in [0.5, 0.6) is 11.6 Å².